The summed E-state index contributed by atoms with van der Waals surface area (Å²) < 4.78 is 0. The molecule has 17 heavy (non-hydrogen) atoms. The number of nitrogens with zero attached hydrogens (tertiary/aromatic N) is 2. The molecule has 0 spiro atoms. The van der Waals surface area contributed by atoms with Crippen molar-refractivity contribution in [3.05, 3.63) is 64.4 Å². The van der Waals surface area contributed by atoms with E-state index < -0.39 is 0 Å². The van der Waals surface area contributed by atoms with Crippen LogP contribution in [0.3, 0.4) is 0 Å². The van der Waals surface area contributed by atoms with Gasteiger partial charge in [0.1, 0.15) is 11.8 Å². The van der Waals surface area contributed by atoms with Crippen molar-refractivity contribution in [1.82, 2.24) is 4.98 Å². The summed E-state index contributed by atoms with van der Waals surface area (Å²) in [6, 6.07) is 14.9. The van der Waals surface area contributed by atoms with E-state index in [0.717, 1.165) is 11.3 Å². The number of rotatable bonds is 2. The van der Waals surface area contributed by atoms with Crippen molar-refractivity contribution >= 4 is 23.8 Å². The minimum absolute atomic E-state index is 0.415. The van der Waals surface area contributed by atoms with Gasteiger partial charge in [-0.2, -0.15) is 5.26 Å². The topological polar surface area (TPSA) is 36.7 Å². The largest absolute Gasteiger partial charge is 0.238 e. The highest BCUT2D eigenvalue weighted by Crippen LogP contribution is 2.13. The van der Waals surface area contributed by atoms with E-state index in [0.29, 0.717) is 10.7 Å². The zero-order valence-corrected chi connectivity index (χ0v) is 9.72. The van der Waals surface area contributed by atoms with Gasteiger partial charge in [0.2, 0.25) is 0 Å². The van der Waals surface area contributed by atoms with Crippen LogP contribution < -0.4 is 0 Å². The van der Waals surface area contributed by atoms with Crippen LogP contribution >= 0.6 is 11.6 Å². The Morgan fingerprint density at radius 2 is 1.94 bits per heavy atom. The van der Waals surface area contributed by atoms with E-state index in [1.54, 1.807) is 6.07 Å². The lowest BCUT2D eigenvalue weighted by atomic mass is 10.2. The van der Waals surface area contributed by atoms with Gasteiger partial charge in [0, 0.05) is 5.02 Å². The smallest absolute Gasteiger partial charge is 0.141 e. The minimum Gasteiger partial charge on any atom is -0.238 e. The molecule has 0 fully saturated rings. The standard InChI is InChI=1S/C14H9ClN2/c15-12-4-1-3-11(9-12)7-8-13-5-2-6-14(10-16)17-13/h1-9H. The second kappa shape index (κ2) is 5.29. The summed E-state index contributed by atoms with van der Waals surface area (Å²) in [4.78, 5) is 4.15. The van der Waals surface area contributed by atoms with Crippen LogP contribution in [-0.2, 0) is 0 Å². The van der Waals surface area contributed by atoms with Crippen LogP contribution in [0.1, 0.15) is 17.0 Å². The lowest BCUT2D eigenvalue weighted by Gasteiger charge is -1.95. The number of hydrogen-bond acceptors (Lipinski definition) is 2. The van der Waals surface area contributed by atoms with Crippen LogP contribution in [0.15, 0.2) is 42.5 Å². The van der Waals surface area contributed by atoms with Crippen molar-refractivity contribution in [3.8, 4) is 6.07 Å². The number of halogens is 1. The first-order chi connectivity index (χ1) is 8.28. The van der Waals surface area contributed by atoms with Crippen LogP contribution in [0.5, 0.6) is 0 Å². The molecule has 0 saturated carbocycles. The fourth-order valence-corrected chi connectivity index (χ4v) is 1.60. The van der Waals surface area contributed by atoms with Crippen molar-refractivity contribution in [3.63, 3.8) is 0 Å². The maximum absolute atomic E-state index is 8.73. The molecule has 82 valence electrons. The van der Waals surface area contributed by atoms with Crippen molar-refractivity contribution in [2.45, 2.75) is 0 Å². The van der Waals surface area contributed by atoms with Gasteiger partial charge in [0.05, 0.1) is 5.69 Å². The highest BCUT2D eigenvalue weighted by Gasteiger charge is 1.93. The van der Waals surface area contributed by atoms with Crippen LogP contribution in [0.4, 0.5) is 0 Å². The van der Waals surface area contributed by atoms with Gasteiger partial charge in [-0.25, -0.2) is 4.98 Å². The van der Waals surface area contributed by atoms with E-state index in [1.807, 2.05) is 54.6 Å². The first-order valence-corrected chi connectivity index (χ1v) is 5.46. The molecule has 0 amide bonds. The van der Waals surface area contributed by atoms with Gasteiger partial charge in [0.25, 0.3) is 0 Å². The van der Waals surface area contributed by atoms with Gasteiger partial charge in [0.15, 0.2) is 0 Å². The van der Waals surface area contributed by atoms with E-state index in [1.165, 1.54) is 0 Å². The highest BCUT2D eigenvalue weighted by atomic mass is 35.5. The summed E-state index contributed by atoms with van der Waals surface area (Å²) in [7, 11) is 0. The number of aromatic nitrogens is 1. The second-order valence-electron chi connectivity index (χ2n) is 3.45. The highest BCUT2D eigenvalue weighted by molar-refractivity contribution is 6.30. The molecular weight excluding hydrogens is 232 g/mol. The molecule has 0 saturated heterocycles. The van der Waals surface area contributed by atoms with Gasteiger partial charge in [-0.1, -0.05) is 35.9 Å². The quantitative estimate of drug-likeness (QED) is 0.801. The molecule has 0 N–H and O–H groups in total. The zero-order chi connectivity index (χ0) is 12.1. The Bertz CT molecular complexity index is 597. The van der Waals surface area contributed by atoms with E-state index in [9.17, 15) is 0 Å². The van der Waals surface area contributed by atoms with E-state index >= 15 is 0 Å². The number of benzene rings is 1. The zero-order valence-electron chi connectivity index (χ0n) is 8.97. The van der Waals surface area contributed by atoms with Crippen molar-refractivity contribution < 1.29 is 0 Å². The molecule has 2 rings (SSSR count). The lowest BCUT2D eigenvalue weighted by Crippen LogP contribution is -1.84. The van der Waals surface area contributed by atoms with Crippen molar-refractivity contribution in [2.24, 2.45) is 0 Å². The Kier molecular flexibility index (Phi) is 3.54. The molecule has 0 aliphatic carbocycles. The summed E-state index contributed by atoms with van der Waals surface area (Å²) in [5.74, 6) is 0. The third-order valence-corrected chi connectivity index (χ3v) is 2.42. The molecular formula is C14H9ClN2. The van der Waals surface area contributed by atoms with E-state index in [2.05, 4.69) is 4.98 Å². The minimum atomic E-state index is 0.415. The predicted octanol–water partition coefficient (Wildman–Crippen LogP) is 3.78. The van der Waals surface area contributed by atoms with Crippen LogP contribution in [0.25, 0.3) is 12.2 Å². The van der Waals surface area contributed by atoms with E-state index in [-0.39, 0.29) is 0 Å². The van der Waals surface area contributed by atoms with Crippen molar-refractivity contribution in [1.29, 1.82) is 5.26 Å². The molecule has 2 nitrogen and oxygen atoms in total. The summed E-state index contributed by atoms with van der Waals surface area (Å²) in [5, 5.41) is 9.43. The van der Waals surface area contributed by atoms with Crippen molar-refractivity contribution in [2.75, 3.05) is 0 Å². The number of nitriles is 1. The van der Waals surface area contributed by atoms with Crippen LogP contribution in [0, 0.1) is 11.3 Å². The lowest BCUT2D eigenvalue weighted by molar-refractivity contribution is 1.24. The Balaban J connectivity index is 2.23. The molecule has 1 aromatic carbocycles. The Morgan fingerprint density at radius 3 is 2.71 bits per heavy atom. The SMILES string of the molecule is N#Cc1cccc(C=Cc2cccc(Cl)c2)n1. The Hall–Kier alpha value is -2.11. The van der Waals surface area contributed by atoms with Gasteiger partial charge >= 0.3 is 0 Å². The molecule has 1 heterocycles. The Labute approximate surface area is 105 Å². The average molecular weight is 241 g/mol. The molecule has 0 unspecified atom stereocenters. The number of pyridine rings is 1. The maximum Gasteiger partial charge on any atom is 0.141 e. The maximum atomic E-state index is 8.73. The van der Waals surface area contributed by atoms with Gasteiger partial charge in [-0.05, 0) is 35.9 Å². The molecule has 0 aliphatic rings. The average Bonchev–Trinajstić information content (AvgIpc) is 2.37. The van der Waals surface area contributed by atoms with E-state index in [4.69, 9.17) is 16.9 Å². The first-order valence-electron chi connectivity index (χ1n) is 5.09. The number of hydrogen-bond donors (Lipinski definition) is 0. The normalized spacial score (nSPS) is 10.4. The third-order valence-electron chi connectivity index (χ3n) is 2.18. The molecule has 1 aromatic heterocycles. The second-order valence-corrected chi connectivity index (χ2v) is 3.88. The van der Waals surface area contributed by atoms with Gasteiger partial charge in [-0.3, -0.25) is 0 Å². The predicted molar refractivity (Wildman–Crippen MR) is 69.3 cm³/mol. The fraction of sp³-hybridized carbons (Fsp3) is 0. The molecule has 0 atom stereocenters. The van der Waals surface area contributed by atoms with Gasteiger partial charge < -0.3 is 0 Å². The van der Waals surface area contributed by atoms with Crippen LogP contribution in [0.2, 0.25) is 5.02 Å². The monoisotopic (exact) mass is 240 g/mol. The summed E-state index contributed by atoms with van der Waals surface area (Å²) >= 11 is 5.88. The molecule has 2 aromatic rings. The summed E-state index contributed by atoms with van der Waals surface area (Å²) in [6.45, 7) is 0. The molecule has 0 aliphatic heterocycles. The first kappa shape index (κ1) is 11.4. The summed E-state index contributed by atoms with van der Waals surface area (Å²) in [5.41, 5.74) is 2.17. The summed E-state index contributed by atoms with van der Waals surface area (Å²) in [6.07, 6.45) is 3.77. The molecule has 0 radical (unpaired) electrons. The molecule has 3 heteroatoms. The third kappa shape index (κ3) is 3.17. The molecule has 0 bridgehead atoms. The van der Waals surface area contributed by atoms with Crippen LogP contribution in [-0.4, -0.2) is 4.98 Å². The fourth-order valence-electron chi connectivity index (χ4n) is 1.40. The van der Waals surface area contributed by atoms with Gasteiger partial charge in [-0.15, -0.1) is 0 Å². The Morgan fingerprint density at radius 1 is 1.12 bits per heavy atom.